The number of rotatable bonds is 7. The van der Waals surface area contributed by atoms with E-state index in [2.05, 4.69) is 26.5 Å². The van der Waals surface area contributed by atoms with Crippen molar-refractivity contribution >= 4 is 0 Å². The Morgan fingerprint density at radius 1 is 1.23 bits per heavy atom. The molecule has 0 atom stereocenters. The maximum atomic E-state index is 8.60. The van der Waals surface area contributed by atoms with Gasteiger partial charge in [-0.05, 0) is 46.0 Å². The Bertz CT molecular complexity index is 168. The van der Waals surface area contributed by atoms with Crippen molar-refractivity contribution in [2.24, 2.45) is 0 Å². The van der Waals surface area contributed by atoms with E-state index in [1.807, 2.05) is 0 Å². The van der Waals surface area contributed by atoms with E-state index in [-0.39, 0.29) is 0 Å². The summed E-state index contributed by atoms with van der Waals surface area (Å²) in [6, 6.07) is 0. The lowest BCUT2D eigenvalue weighted by molar-refractivity contribution is 0.284. The van der Waals surface area contributed by atoms with E-state index in [1.165, 1.54) is 11.1 Å². The second-order valence-corrected chi connectivity index (χ2v) is 3.73. The van der Waals surface area contributed by atoms with Gasteiger partial charge in [0.2, 0.25) is 0 Å². The Hall–Kier alpha value is -0.560. The zero-order valence-electron chi connectivity index (χ0n) is 8.97. The molecule has 0 heterocycles. The predicted octanol–water partition coefficient (Wildman–Crippen LogP) is 3.45. The summed E-state index contributed by atoms with van der Waals surface area (Å²) >= 11 is 0. The first-order chi connectivity index (χ1) is 6.16. The molecule has 0 aromatic carbocycles. The molecular formula is C12H22O. The second-order valence-electron chi connectivity index (χ2n) is 3.73. The topological polar surface area (TPSA) is 20.2 Å². The number of unbranched alkanes of at least 4 members (excludes halogenated alkanes) is 1. The summed E-state index contributed by atoms with van der Waals surface area (Å²) in [4.78, 5) is 0. The van der Waals surface area contributed by atoms with Crippen molar-refractivity contribution in [3.63, 3.8) is 0 Å². The molecule has 0 aliphatic carbocycles. The Labute approximate surface area is 82.2 Å². The van der Waals surface area contributed by atoms with Crippen LogP contribution in [0.3, 0.4) is 0 Å². The second kappa shape index (κ2) is 8.06. The van der Waals surface area contributed by atoms with E-state index in [1.54, 1.807) is 0 Å². The van der Waals surface area contributed by atoms with Crippen LogP contribution in [0.4, 0.5) is 0 Å². The van der Waals surface area contributed by atoms with Crippen molar-refractivity contribution in [2.75, 3.05) is 6.61 Å². The van der Waals surface area contributed by atoms with Gasteiger partial charge in [0, 0.05) is 6.61 Å². The van der Waals surface area contributed by atoms with Crippen LogP contribution in [0.5, 0.6) is 0 Å². The molecule has 76 valence electrons. The van der Waals surface area contributed by atoms with E-state index in [9.17, 15) is 0 Å². The number of allylic oxidation sites excluding steroid dienone is 3. The first-order valence-electron chi connectivity index (χ1n) is 5.07. The van der Waals surface area contributed by atoms with Gasteiger partial charge in [0.05, 0.1) is 0 Å². The van der Waals surface area contributed by atoms with Crippen LogP contribution < -0.4 is 0 Å². The summed E-state index contributed by atoms with van der Waals surface area (Å²) in [5.41, 5.74) is 2.69. The molecule has 0 amide bonds. The first kappa shape index (κ1) is 12.4. The van der Waals surface area contributed by atoms with Crippen molar-refractivity contribution in [3.05, 3.63) is 23.8 Å². The minimum Gasteiger partial charge on any atom is -0.396 e. The van der Waals surface area contributed by atoms with Gasteiger partial charge in [-0.2, -0.15) is 0 Å². The van der Waals surface area contributed by atoms with Crippen molar-refractivity contribution in [2.45, 2.75) is 46.0 Å². The molecule has 0 aliphatic rings. The van der Waals surface area contributed by atoms with Crippen molar-refractivity contribution in [1.82, 2.24) is 0 Å². The first-order valence-corrected chi connectivity index (χ1v) is 5.07. The summed E-state index contributed by atoms with van der Waals surface area (Å²) in [5.74, 6) is 0. The van der Waals surface area contributed by atoms with Crippen molar-refractivity contribution in [3.8, 4) is 0 Å². The quantitative estimate of drug-likeness (QED) is 0.472. The molecule has 0 radical (unpaired) electrons. The van der Waals surface area contributed by atoms with E-state index < -0.39 is 0 Å². The third-order valence-electron chi connectivity index (χ3n) is 2.04. The van der Waals surface area contributed by atoms with Crippen molar-refractivity contribution in [1.29, 1.82) is 0 Å². The van der Waals surface area contributed by atoms with Gasteiger partial charge in [-0.1, -0.05) is 17.2 Å². The lowest BCUT2D eigenvalue weighted by Gasteiger charge is -2.00. The molecule has 0 aliphatic heterocycles. The van der Waals surface area contributed by atoms with Crippen LogP contribution >= 0.6 is 0 Å². The summed E-state index contributed by atoms with van der Waals surface area (Å²) in [6.07, 6.45) is 7.64. The van der Waals surface area contributed by atoms with Crippen LogP contribution in [0.25, 0.3) is 0 Å². The van der Waals surface area contributed by atoms with Crippen LogP contribution in [-0.2, 0) is 0 Å². The van der Waals surface area contributed by atoms with Gasteiger partial charge in [-0.25, -0.2) is 0 Å². The molecule has 0 unspecified atom stereocenters. The van der Waals surface area contributed by atoms with Gasteiger partial charge < -0.3 is 5.11 Å². The largest absolute Gasteiger partial charge is 0.396 e. The Kier molecular flexibility index (Phi) is 7.71. The number of aliphatic hydroxyl groups is 1. The molecule has 0 aromatic rings. The Morgan fingerprint density at radius 2 is 1.92 bits per heavy atom. The third kappa shape index (κ3) is 9.35. The van der Waals surface area contributed by atoms with Crippen LogP contribution in [0, 0.1) is 0 Å². The zero-order chi connectivity index (χ0) is 10.1. The van der Waals surface area contributed by atoms with E-state index in [4.69, 9.17) is 5.11 Å². The van der Waals surface area contributed by atoms with Crippen LogP contribution in [0.15, 0.2) is 23.8 Å². The normalized spacial score (nSPS) is 11.8. The van der Waals surface area contributed by atoms with E-state index in [0.717, 1.165) is 32.1 Å². The molecule has 0 bridgehead atoms. The molecule has 0 fully saturated rings. The molecule has 0 spiro atoms. The highest BCUT2D eigenvalue weighted by atomic mass is 16.2. The molecule has 1 nitrogen and oxygen atoms in total. The van der Waals surface area contributed by atoms with Crippen LogP contribution in [0.1, 0.15) is 46.0 Å². The summed E-state index contributed by atoms with van der Waals surface area (Å²) in [6.45, 7) is 8.41. The lowest BCUT2D eigenvalue weighted by Crippen LogP contribution is -1.84. The number of hydrogen-bond acceptors (Lipinski definition) is 1. The fourth-order valence-corrected chi connectivity index (χ4v) is 1.18. The molecule has 0 rings (SSSR count). The monoisotopic (exact) mass is 182 g/mol. The van der Waals surface area contributed by atoms with Crippen molar-refractivity contribution < 1.29 is 5.11 Å². The van der Waals surface area contributed by atoms with Gasteiger partial charge >= 0.3 is 0 Å². The molecule has 0 saturated heterocycles. The fourth-order valence-electron chi connectivity index (χ4n) is 1.18. The average molecular weight is 182 g/mol. The smallest absolute Gasteiger partial charge is 0.0431 e. The fraction of sp³-hybridized carbons (Fsp3) is 0.667. The maximum Gasteiger partial charge on any atom is 0.0431 e. The third-order valence-corrected chi connectivity index (χ3v) is 2.04. The van der Waals surface area contributed by atoms with Crippen LogP contribution in [-0.4, -0.2) is 11.7 Å². The highest BCUT2D eigenvalue weighted by Gasteiger charge is 1.91. The minimum absolute atomic E-state index is 0.318. The van der Waals surface area contributed by atoms with Gasteiger partial charge in [0.15, 0.2) is 0 Å². The molecule has 0 saturated carbocycles. The molecule has 0 aromatic heterocycles. The summed E-state index contributed by atoms with van der Waals surface area (Å²) < 4.78 is 0. The Morgan fingerprint density at radius 3 is 2.46 bits per heavy atom. The molecule has 13 heavy (non-hydrogen) atoms. The van der Waals surface area contributed by atoms with Crippen LogP contribution in [0.2, 0.25) is 0 Å². The zero-order valence-corrected chi connectivity index (χ0v) is 8.97. The Balaban J connectivity index is 3.45. The maximum absolute atomic E-state index is 8.60. The molecular weight excluding hydrogens is 160 g/mol. The SMILES string of the molecule is C=C(C)CC/C=C(\C)CCCCO. The standard InChI is InChI=1S/C12H22O/c1-11(2)7-6-9-12(3)8-4-5-10-13/h9,13H,1,4-8,10H2,2-3H3/b12-9+. The number of aliphatic hydroxyl groups excluding tert-OH is 1. The predicted molar refractivity (Wildman–Crippen MR) is 58.7 cm³/mol. The summed E-state index contributed by atoms with van der Waals surface area (Å²) in [7, 11) is 0. The van der Waals surface area contributed by atoms with E-state index in [0.29, 0.717) is 6.61 Å². The van der Waals surface area contributed by atoms with Gasteiger partial charge in [-0.15, -0.1) is 6.58 Å². The van der Waals surface area contributed by atoms with Gasteiger partial charge in [0.1, 0.15) is 0 Å². The average Bonchev–Trinajstić information content (AvgIpc) is 2.04. The summed E-state index contributed by atoms with van der Waals surface area (Å²) in [5, 5.41) is 8.60. The van der Waals surface area contributed by atoms with Gasteiger partial charge in [-0.3, -0.25) is 0 Å². The van der Waals surface area contributed by atoms with E-state index >= 15 is 0 Å². The minimum atomic E-state index is 0.318. The molecule has 1 heteroatoms. The van der Waals surface area contributed by atoms with Gasteiger partial charge in [0.25, 0.3) is 0 Å². The highest BCUT2D eigenvalue weighted by molar-refractivity contribution is 5.00. The highest BCUT2D eigenvalue weighted by Crippen LogP contribution is 2.09. The number of hydrogen-bond donors (Lipinski definition) is 1. The molecule has 1 N–H and O–H groups in total. The lowest BCUT2D eigenvalue weighted by atomic mass is 10.1.